The summed E-state index contributed by atoms with van der Waals surface area (Å²) in [5.74, 6) is -0.449. The van der Waals surface area contributed by atoms with Gasteiger partial charge in [0.15, 0.2) is 5.78 Å². The molecule has 1 aliphatic carbocycles. The van der Waals surface area contributed by atoms with Crippen molar-refractivity contribution >= 4 is 33.3 Å². The highest BCUT2D eigenvalue weighted by atomic mass is 35.5. The van der Waals surface area contributed by atoms with E-state index in [0.29, 0.717) is 36.3 Å². The summed E-state index contributed by atoms with van der Waals surface area (Å²) >= 11 is 6.51. The Morgan fingerprint density at radius 1 is 1.03 bits per heavy atom. The predicted molar refractivity (Wildman–Crippen MR) is 127 cm³/mol. The Kier molecular flexibility index (Phi) is 6.93. The number of piperidine rings is 1. The van der Waals surface area contributed by atoms with Crippen LogP contribution in [0.3, 0.4) is 0 Å². The van der Waals surface area contributed by atoms with Crippen LogP contribution in [0.25, 0.3) is 0 Å². The van der Waals surface area contributed by atoms with Crippen LogP contribution in [0.5, 0.6) is 0 Å². The van der Waals surface area contributed by atoms with Crippen molar-refractivity contribution < 1.29 is 18.0 Å². The average Bonchev–Trinajstić information content (AvgIpc) is 2.85. The van der Waals surface area contributed by atoms with E-state index in [0.717, 1.165) is 12.8 Å². The maximum atomic E-state index is 13.6. The average molecular weight is 489 g/mol. The van der Waals surface area contributed by atoms with Crippen LogP contribution in [0.4, 0.5) is 0 Å². The lowest BCUT2D eigenvalue weighted by atomic mass is 9.73. The third-order valence-electron chi connectivity index (χ3n) is 7.06. The van der Waals surface area contributed by atoms with Gasteiger partial charge in [0.05, 0.1) is 4.90 Å². The fourth-order valence-corrected chi connectivity index (χ4v) is 6.96. The van der Waals surface area contributed by atoms with Gasteiger partial charge in [-0.25, -0.2) is 8.42 Å². The van der Waals surface area contributed by atoms with Crippen LogP contribution in [0, 0.1) is 5.92 Å². The molecular formula is C25H29ClN2O4S. The molecule has 176 valence electrons. The summed E-state index contributed by atoms with van der Waals surface area (Å²) in [7, 11) is -1.89. The first-order valence-electron chi connectivity index (χ1n) is 11.4. The molecule has 2 fully saturated rings. The Morgan fingerprint density at radius 3 is 2.30 bits per heavy atom. The molecule has 2 aromatic rings. The Hall–Kier alpha value is -2.22. The van der Waals surface area contributed by atoms with Gasteiger partial charge in [-0.2, -0.15) is 4.31 Å². The maximum absolute atomic E-state index is 13.6. The Morgan fingerprint density at radius 2 is 1.67 bits per heavy atom. The molecule has 6 nitrogen and oxygen atoms in total. The third-order valence-corrected chi connectivity index (χ3v) is 9.30. The second-order valence-electron chi connectivity index (χ2n) is 8.86. The number of hydrogen-bond donors (Lipinski definition) is 0. The van der Waals surface area contributed by atoms with E-state index in [-0.39, 0.29) is 35.6 Å². The number of halogens is 1. The zero-order valence-electron chi connectivity index (χ0n) is 18.7. The van der Waals surface area contributed by atoms with Gasteiger partial charge in [-0.1, -0.05) is 48.0 Å². The molecular weight excluding hydrogens is 460 g/mol. The van der Waals surface area contributed by atoms with E-state index in [1.807, 2.05) is 18.2 Å². The molecule has 8 heteroatoms. The minimum Gasteiger partial charge on any atom is -0.329 e. The van der Waals surface area contributed by atoms with Gasteiger partial charge in [0.1, 0.15) is 5.54 Å². The molecule has 1 heterocycles. The number of carbonyl (C=O) groups excluding carboxylic acids is 2. The first kappa shape index (κ1) is 23.9. The topological polar surface area (TPSA) is 74.8 Å². The zero-order chi connectivity index (χ0) is 23.6. The summed E-state index contributed by atoms with van der Waals surface area (Å²) in [6, 6.07) is 15.6. The highest BCUT2D eigenvalue weighted by Gasteiger charge is 2.49. The van der Waals surface area contributed by atoms with Crippen LogP contribution in [0.2, 0.25) is 5.02 Å². The van der Waals surface area contributed by atoms with Gasteiger partial charge in [0, 0.05) is 43.1 Å². The second kappa shape index (κ2) is 9.57. The molecule has 1 amide bonds. The van der Waals surface area contributed by atoms with Crippen LogP contribution in [0.1, 0.15) is 44.1 Å². The van der Waals surface area contributed by atoms with E-state index in [2.05, 4.69) is 0 Å². The molecule has 0 N–H and O–H groups in total. The molecule has 0 radical (unpaired) electrons. The van der Waals surface area contributed by atoms with Gasteiger partial charge < -0.3 is 4.90 Å². The van der Waals surface area contributed by atoms with Crippen molar-refractivity contribution in [3.05, 3.63) is 65.2 Å². The fourth-order valence-electron chi connectivity index (χ4n) is 5.18. The molecule has 1 atom stereocenters. The monoisotopic (exact) mass is 488 g/mol. The van der Waals surface area contributed by atoms with E-state index in [4.69, 9.17) is 11.6 Å². The van der Waals surface area contributed by atoms with Crippen LogP contribution in [-0.2, 0) is 25.2 Å². The van der Waals surface area contributed by atoms with E-state index in [1.54, 1.807) is 48.3 Å². The first-order valence-corrected chi connectivity index (χ1v) is 13.2. The van der Waals surface area contributed by atoms with Crippen molar-refractivity contribution in [1.82, 2.24) is 9.21 Å². The lowest BCUT2D eigenvalue weighted by molar-refractivity contribution is -0.151. The SMILES string of the molecule is CN(C(=O)C1CCN(S(=O)(=O)c2ccccc2)CC1)C1(c2ccccc2Cl)CCCCC1=O. The molecule has 0 bridgehead atoms. The minimum atomic E-state index is -3.58. The van der Waals surface area contributed by atoms with Crippen molar-refractivity contribution in [2.45, 2.75) is 49.0 Å². The summed E-state index contributed by atoms with van der Waals surface area (Å²) in [5, 5.41) is 0.483. The summed E-state index contributed by atoms with van der Waals surface area (Å²) in [4.78, 5) is 28.8. The van der Waals surface area contributed by atoms with E-state index in [9.17, 15) is 18.0 Å². The van der Waals surface area contributed by atoms with E-state index < -0.39 is 15.6 Å². The smallest absolute Gasteiger partial charge is 0.243 e. The number of sulfonamides is 1. The number of amides is 1. The maximum Gasteiger partial charge on any atom is 0.243 e. The van der Waals surface area contributed by atoms with Crippen molar-refractivity contribution in [2.75, 3.05) is 20.1 Å². The molecule has 2 aromatic carbocycles. The van der Waals surface area contributed by atoms with E-state index >= 15 is 0 Å². The van der Waals surface area contributed by atoms with Gasteiger partial charge in [0.2, 0.25) is 15.9 Å². The lowest BCUT2D eigenvalue weighted by Crippen LogP contribution is -2.56. The first-order chi connectivity index (χ1) is 15.8. The number of nitrogens with zero attached hydrogens (tertiary/aromatic N) is 2. The molecule has 33 heavy (non-hydrogen) atoms. The molecule has 4 rings (SSSR count). The molecule has 1 aliphatic heterocycles. The summed E-state index contributed by atoms with van der Waals surface area (Å²) in [6.45, 7) is 0.545. The van der Waals surface area contributed by atoms with Crippen molar-refractivity contribution in [2.24, 2.45) is 5.92 Å². The molecule has 1 saturated carbocycles. The quantitative estimate of drug-likeness (QED) is 0.631. The highest BCUT2D eigenvalue weighted by Crippen LogP contribution is 2.43. The number of ketones is 1. The van der Waals surface area contributed by atoms with Crippen molar-refractivity contribution in [3.63, 3.8) is 0 Å². The summed E-state index contributed by atoms with van der Waals surface area (Å²) in [6.07, 6.45) is 3.44. The number of Topliss-reactive ketones (excluding diaryl/α,β-unsaturated/α-hetero) is 1. The number of hydrogen-bond acceptors (Lipinski definition) is 4. The second-order valence-corrected chi connectivity index (χ2v) is 11.2. The van der Waals surface area contributed by atoms with Crippen LogP contribution >= 0.6 is 11.6 Å². The normalized spacial score (nSPS) is 22.8. The Balaban J connectivity index is 1.54. The lowest BCUT2D eigenvalue weighted by Gasteiger charge is -2.45. The van der Waals surface area contributed by atoms with Gasteiger partial charge in [-0.05, 0) is 50.3 Å². The number of likely N-dealkylation sites (N-methyl/N-ethyl adjacent to an activating group) is 1. The van der Waals surface area contributed by atoms with Crippen molar-refractivity contribution in [3.8, 4) is 0 Å². The third kappa shape index (κ3) is 4.34. The van der Waals surface area contributed by atoms with E-state index in [1.165, 1.54) is 4.31 Å². The fraction of sp³-hybridized carbons (Fsp3) is 0.440. The predicted octanol–water partition coefficient (Wildman–Crippen LogP) is 4.24. The number of rotatable bonds is 5. The summed E-state index contributed by atoms with van der Waals surface area (Å²) in [5.41, 5.74) is -0.391. The highest BCUT2D eigenvalue weighted by molar-refractivity contribution is 7.89. The molecule has 1 saturated heterocycles. The Bertz CT molecular complexity index is 1130. The number of carbonyl (C=O) groups is 2. The zero-order valence-corrected chi connectivity index (χ0v) is 20.3. The molecule has 1 unspecified atom stereocenters. The van der Waals surface area contributed by atoms with Gasteiger partial charge >= 0.3 is 0 Å². The van der Waals surface area contributed by atoms with Crippen LogP contribution in [0.15, 0.2) is 59.5 Å². The summed E-state index contributed by atoms with van der Waals surface area (Å²) < 4.78 is 27.3. The van der Waals surface area contributed by atoms with Gasteiger partial charge in [-0.15, -0.1) is 0 Å². The largest absolute Gasteiger partial charge is 0.329 e. The van der Waals surface area contributed by atoms with Crippen LogP contribution < -0.4 is 0 Å². The molecule has 2 aliphatic rings. The molecule has 0 spiro atoms. The van der Waals surface area contributed by atoms with Crippen molar-refractivity contribution in [1.29, 1.82) is 0 Å². The van der Waals surface area contributed by atoms with Gasteiger partial charge in [-0.3, -0.25) is 9.59 Å². The van der Waals surface area contributed by atoms with Gasteiger partial charge in [0.25, 0.3) is 0 Å². The van der Waals surface area contributed by atoms with Crippen LogP contribution in [-0.4, -0.2) is 49.5 Å². The molecule has 0 aromatic heterocycles. The number of benzene rings is 2. The minimum absolute atomic E-state index is 0.0155. The standard InChI is InChI=1S/C25H29ClN2O4S/c1-27(25(16-8-7-13-23(25)29)21-11-5-6-12-22(21)26)24(30)19-14-17-28(18-15-19)33(31,32)20-9-3-2-4-10-20/h2-6,9-12,19H,7-8,13-18H2,1H3. The Labute approximate surface area is 200 Å².